The molecule has 3 aromatic rings. The van der Waals surface area contributed by atoms with Crippen molar-refractivity contribution in [2.24, 2.45) is 0 Å². The van der Waals surface area contributed by atoms with Crippen LogP contribution in [0.3, 0.4) is 0 Å². The summed E-state index contributed by atoms with van der Waals surface area (Å²) in [6.45, 7) is 2.12. The fraction of sp³-hybridized carbons (Fsp3) is 0.111. The van der Waals surface area contributed by atoms with Crippen LogP contribution in [-0.4, -0.2) is 10.9 Å². The molecule has 3 nitrogen and oxygen atoms in total. The third-order valence-corrected chi connectivity index (χ3v) is 5.14. The lowest BCUT2D eigenvalue weighted by atomic mass is 10.1. The molecule has 0 aliphatic heterocycles. The number of carbonyl (C=O) groups excluding carboxylic acids is 1. The molecule has 6 heteroatoms. The average molecular weight is 422 g/mol. The third-order valence-electron chi connectivity index (χ3n) is 3.56. The normalized spacial score (nSPS) is 10.6. The Bertz CT molecular complexity index is 877. The zero-order valence-electron chi connectivity index (χ0n) is 12.8. The van der Waals surface area contributed by atoms with E-state index < -0.39 is 0 Å². The molecular weight excluding hydrogens is 408 g/mol. The summed E-state index contributed by atoms with van der Waals surface area (Å²) < 4.78 is 0.799. The van der Waals surface area contributed by atoms with Crippen molar-refractivity contribution in [1.82, 2.24) is 4.98 Å². The Morgan fingerprint density at radius 3 is 2.71 bits per heavy atom. The van der Waals surface area contributed by atoms with Gasteiger partial charge < -0.3 is 0 Å². The maximum atomic E-state index is 12.4. The van der Waals surface area contributed by atoms with E-state index in [2.05, 4.69) is 45.3 Å². The van der Waals surface area contributed by atoms with Crippen LogP contribution in [0.1, 0.15) is 22.8 Å². The molecule has 2 aromatic carbocycles. The van der Waals surface area contributed by atoms with Crippen molar-refractivity contribution >= 4 is 49.9 Å². The topological polar surface area (TPSA) is 42.0 Å². The molecule has 1 aromatic heterocycles. The van der Waals surface area contributed by atoms with Gasteiger partial charge in [-0.15, -0.1) is 11.3 Å². The summed E-state index contributed by atoms with van der Waals surface area (Å²) >= 11 is 10.8. The van der Waals surface area contributed by atoms with Crippen LogP contribution in [0.15, 0.2) is 52.3 Å². The molecule has 1 heterocycles. The van der Waals surface area contributed by atoms with Crippen molar-refractivity contribution in [1.29, 1.82) is 0 Å². The molecule has 0 saturated heterocycles. The fourth-order valence-electron chi connectivity index (χ4n) is 2.21. The zero-order chi connectivity index (χ0) is 17.1. The van der Waals surface area contributed by atoms with Crippen molar-refractivity contribution in [3.05, 3.63) is 68.5 Å². The smallest absolute Gasteiger partial charge is 0.258 e. The molecule has 0 aliphatic carbocycles. The van der Waals surface area contributed by atoms with Gasteiger partial charge in [0.1, 0.15) is 0 Å². The molecule has 0 aliphatic rings. The number of hydrogen-bond acceptors (Lipinski definition) is 3. The van der Waals surface area contributed by atoms with Crippen molar-refractivity contribution in [3.63, 3.8) is 0 Å². The lowest BCUT2D eigenvalue weighted by Crippen LogP contribution is -2.12. The lowest BCUT2D eigenvalue weighted by Gasteiger charge is -2.04. The van der Waals surface area contributed by atoms with E-state index in [1.165, 1.54) is 16.9 Å². The second kappa shape index (κ2) is 7.47. The van der Waals surface area contributed by atoms with Crippen molar-refractivity contribution in [2.75, 3.05) is 5.32 Å². The minimum absolute atomic E-state index is 0.275. The largest absolute Gasteiger partial charge is 0.298 e. The molecule has 122 valence electrons. The molecular formula is C18H14BrClN2OS. The molecule has 0 radical (unpaired) electrons. The number of halogens is 2. The van der Waals surface area contributed by atoms with Crippen LogP contribution in [0.25, 0.3) is 11.3 Å². The monoisotopic (exact) mass is 420 g/mol. The van der Waals surface area contributed by atoms with Gasteiger partial charge in [0.25, 0.3) is 5.91 Å². The number of rotatable bonds is 4. The van der Waals surface area contributed by atoms with Crippen molar-refractivity contribution < 1.29 is 4.79 Å². The van der Waals surface area contributed by atoms with E-state index in [-0.39, 0.29) is 5.91 Å². The van der Waals surface area contributed by atoms with Gasteiger partial charge >= 0.3 is 0 Å². The highest BCUT2D eigenvalue weighted by Crippen LogP contribution is 2.27. The van der Waals surface area contributed by atoms with E-state index in [9.17, 15) is 4.79 Å². The minimum atomic E-state index is -0.275. The van der Waals surface area contributed by atoms with E-state index in [1.54, 1.807) is 18.2 Å². The molecule has 0 bridgehead atoms. The van der Waals surface area contributed by atoms with Crippen LogP contribution in [0.4, 0.5) is 5.13 Å². The number of aromatic nitrogens is 1. The lowest BCUT2D eigenvalue weighted by molar-refractivity contribution is 0.102. The zero-order valence-corrected chi connectivity index (χ0v) is 16.0. The molecule has 0 fully saturated rings. The Kier molecular flexibility index (Phi) is 5.33. The van der Waals surface area contributed by atoms with Gasteiger partial charge in [-0.05, 0) is 30.2 Å². The maximum absolute atomic E-state index is 12.4. The van der Waals surface area contributed by atoms with Crippen molar-refractivity contribution in [3.8, 4) is 11.3 Å². The minimum Gasteiger partial charge on any atom is -0.298 e. The summed E-state index contributed by atoms with van der Waals surface area (Å²) in [7, 11) is 0. The maximum Gasteiger partial charge on any atom is 0.258 e. The average Bonchev–Trinajstić information content (AvgIpc) is 3.05. The van der Waals surface area contributed by atoms with Gasteiger partial charge in [-0.1, -0.05) is 58.7 Å². The van der Waals surface area contributed by atoms with Gasteiger partial charge in [0.05, 0.1) is 16.3 Å². The predicted molar refractivity (Wildman–Crippen MR) is 104 cm³/mol. The molecule has 1 N–H and O–H groups in total. The summed E-state index contributed by atoms with van der Waals surface area (Å²) in [5.41, 5.74) is 3.57. The summed E-state index contributed by atoms with van der Waals surface area (Å²) in [6, 6.07) is 13.4. The van der Waals surface area contributed by atoms with Gasteiger partial charge in [0, 0.05) is 15.4 Å². The Hall–Kier alpha value is -1.69. The summed E-state index contributed by atoms with van der Waals surface area (Å²) in [5, 5.41) is 5.68. The first-order chi connectivity index (χ1) is 11.6. The molecule has 0 unspecified atom stereocenters. The number of hydrogen-bond donors (Lipinski definition) is 1. The molecule has 24 heavy (non-hydrogen) atoms. The highest BCUT2D eigenvalue weighted by Gasteiger charge is 2.13. The standard InChI is InChI=1S/C18H14BrClN2OS/c1-2-11-3-5-12(6-4-11)16-10-24-18(21-16)22-17(23)14-9-13(19)7-8-15(14)20/h3-10H,2H2,1H3,(H,21,22,23). The Morgan fingerprint density at radius 1 is 1.25 bits per heavy atom. The number of benzene rings is 2. The van der Waals surface area contributed by atoms with Crippen LogP contribution >= 0.6 is 38.9 Å². The first-order valence-electron chi connectivity index (χ1n) is 7.38. The van der Waals surface area contributed by atoms with Crippen LogP contribution < -0.4 is 5.32 Å². The van der Waals surface area contributed by atoms with E-state index in [1.807, 2.05) is 17.5 Å². The number of anilines is 1. The van der Waals surface area contributed by atoms with Gasteiger partial charge in [-0.25, -0.2) is 4.98 Å². The number of carbonyl (C=O) groups is 1. The van der Waals surface area contributed by atoms with E-state index in [4.69, 9.17) is 11.6 Å². The van der Waals surface area contributed by atoms with Crippen LogP contribution in [0, 0.1) is 0 Å². The third kappa shape index (κ3) is 3.86. The highest BCUT2D eigenvalue weighted by molar-refractivity contribution is 9.10. The number of nitrogens with one attached hydrogen (secondary N) is 1. The van der Waals surface area contributed by atoms with Crippen LogP contribution in [0.2, 0.25) is 5.02 Å². The van der Waals surface area contributed by atoms with Crippen LogP contribution in [-0.2, 0) is 6.42 Å². The van der Waals surface area contributed by atoms with Crippen molar-refractivity contribution in [2.45, 2.75) is 13.3 Å². The Morgan fingerprint density at radius 2 is 2.00 bits per heavy atom. The van der Waals surface area contributed by atoms with Gasteiger partial charge in [-0.2, -0.15) is 0 Å². The fourth-order valence-corrected chi connectivity index (χ4v) is 3.49. The second-order valence-electron chi connectivity index (χ2n) is 5.17. The number of thiazole rings is 1. The Labute approximate surface area is 157 Å². The van der Waals surface area contributed by atoms with Gasteiger partial charge in [-0.3, -0.25) is 10.1 Å². The number of aryl methyl sites for hydroxylation is 1. The second-order valence-corrected chi connectivity index (χ2v) is 7.35. The summed E-state index contributed by atoms with van der Waals surface area (Å²) in [5.74, 6) is -0.275. The number of amides is 1. The van der Waals surface area contributed by atoms with E-state index in [0.29, 0.717) is 15.7 Å². The van der Waals surface area contributed by atoms with Gasteiger partial charge in [0.2, 0.25) is 0 Å². The van der Waals surface area contributed by atoms with E-state index in [0.717, 1.165) is 22.2 Å². The van der Waals surface area contributed by atoms with E-state index >= 15 is 0 Å². The summed E-state index contributed by atoms with van der Waals surface area (Å²) in [6.07, 6.45) is 1.01. The molecule has 0 spiro atoms. The first kappa shape index (κ1) is 17.1. The molecule has 0 atom stereocenters. The predicted octanol–water partition coefficient (Wildman–Crippen LogP) is 6.04. The number of nitrogens with zero attached hydrogens (tertiary/aromatic N) is 1. The quantitative estimate of drug-likeness (QED) is 0.558. The summed E-state index contributed by atoms with van der Waals surface area (Å²) in [4.78, 5) is 16.9. The molecule has 0 saturated carbocycles. The first-order valence-corrected chi connectivity index (χ1v) is 9.43. The van der Waals surface area contributed by atoms with Crippen LogP contribution in [0.5, 0.6) is 0 Å². The molecule has 1 amide bonds. The SMILES string of the molecule is CCc1ccc(-c2csc(NC(=O)c3cc(Br)ccc3Cl)n2)cc1. The Balaban J connectivity index is 1.78. The van der Waals surface area contributed by atoms with Gasteiger partial charge in [0.15, 0.2) is 5.13 Å². The molecule has 3 rings (SSSR count). The highest BCUT2D eigenvalue weighted by atomic mass is 79.9.